The van der Waals surface area contributed by atoms with Crippen molar-refractivity contribution in [3.05, 3.63) is 198 Å². The molecule has 2 nitrogen and oxygen atoms in total. The lowest BCUT2D eigenvalue weighted by Gasteiger charge is -2.28. The van der Waals surface area contributed by atoms with Gasteiger partial charge in [0.25, 0.3) is 0 Å². The molecule has 0 amide bonds. The van der Waals surface area contributed by atoms with Gasteiger partial charge in [0.05, 0.1) is 23.0 Å². The predicted molar refractivity (Wildman–Crippen MR) is 190 cm³/mol. The molecule has 2 heteroatoms. The summed E-state index contributed by atoms with van der Waals surface area (Å²) in [5.41, 5.74) is 7.96. The van der Waals surface area contributed by atoms with Crippen LogP contribution in [-0.4, -0.2) is 0 Å². The summed E-state index contributed by atoms with van der Waals surface area (Å²) in [5.74, 6) is 0. The normalized spacial score (nSPS) is 11.0. The van der Waals surface area contributed by atoms with Crippen LogP contribution in [0.4, 0.5) is 17.1 Å². The van der Waals surface area contributed by atoms with Gasteiger partial charge >= 0.3 is 0 Å². The molecular formula is C43H30N2. The molecule has 0 aromatic heterocycles. The molecule has 0 aliphatic heterocycles. The van der Waals surface area contributed by atoms with Crippen LogP contribution in [0.1, 0.15) is 22.3 Å². The fraction of sp³-hybridized carbons (Fsp3) is 0. The van der Waals surface area contributed by atoms with Gasteiger partial charge in [-0.3, -0.25) is 0 Å². The van der Waals surface area contributed by atoms with E-state index in [1.807, 2.05) is 36.4 Å². The summed E-state index contributed by atoms with van der Waals surface area (Å²) in [6.45, 7) is 0. The minimum absolute atomic E-state index is 0.614. The maximum Gasteiger partial charge on any atom is 0.0998 e. The molecular weight excluding hydrogens is 544 g/mol. The Morgan fingerprint density at radius 3 is 1.60 bits per heavy atom. The van der Waals surface area contributed by atoms with Crippen molar-refractivity contribution in [2.45, 2.75) is 0 Å². The number of hydrogen-bond acceptors (Lipinski definition) is 2. The first-order valence-corrected chi connectivity index (χ1v) is 15.1. The van der Waals surface area contributed by atoms with Crippen LogP contribution in [0.5, 0.6) is 0 Å². The van der Waals surface area contributed by atoms with Gasteiger partial charge in [0.2, 0.25) is 0 Å². The lowest BCUT2D eigenvalue weighted by Crippen LogP contribution is -2.11. The van der Waals surface area contributed by atoms with E-state index >= 15 is 0 Å². The highest BCUT2D eigenvalue weighted by Gasteiger charge is 2.18. The van der Waals surface area contributed by atoms with Gasteiger partial charge in [-0.05, 0) is 57.3 Å². The largest absolute Gasteiger partial charge is 0.309 e. The van der Waals surface area contributed by atoms with E-state index in [4.69, 9.17) is 0 Å². The van der Waals surface area contributed by atoms with E-state index in [1.165, 1.54) is 10.8 Å². The fourth-order valence-corrected chi connectivity index (χ4v) is 5.98. The molecule has 0 fully saturated rings. The second-order valence-corrected chi connectivity index (χ2v) is 10.9. The molecule has 0 N–H and O–H groups in total. The summed E-state index contributed by atoms with van der Waals surface area (Å²) >= 11 is 0. The number of allylic oxidation sites excluding steroid dienone is 2. The summed E-state index contributed by atoms with van der Waals surface area (Å²) in [6, 6.07) is 59.1. The molecule has 7 aromatic carbocycles. The van der Waals surface area contributed by atoms with Crippen LogP contribution >= 0.6 is 0 Å². The number of hydrogen-bond donors (Lipinski definition) is 0. The Labute approximate surface area is 264 Å². The van der Waals surface area contributed by atoms with Crippen molar-refractivity contribution >= 4 is 50.3 Å². The lowest BCUT2D eigenvalue weighted by atomic mass is 9.97. The van der Waals surface area contributed by atoms with Gasteiger partial charge in [-0.15, -0.1) is 0 Å². The van der Waals surface area contributed by atoms with Crippen molar-refractivity contribution in [2.24, 2.45) is 0 Å². The number of rotatable bonds is 7. The average Bonchev–Trinajstić information content (AvgIpc) is 3.11. The zero-order valence-electron chi connectivity index (χ0n) is 24.7. The van der Waals surface area contributed by atoms with Gasteiger partial charge in [-0.2, -0.15) is 5.26 Å². The molecule has 7 aromatic rings. The Hall–Kier alpha value is -6.17. The second-order valence-electron chi connectivity index (χ2n) is 10.9. The number of benzene rings is 7. The Morgan fingerprint density at radius 2 is 1.04 bits per heavy atom. The van der Waals surface area contributed by atoms with E-state index in [1.54, 1.807) is 0 Å². The van der Waals surface area contributed by atoms with Gasteiger partial charge in [-0.1, -0.05) is 158 Å². The monoisotopic (exact) mass is 574 g/mol. The highest BCUT2D eigenvalue weighted by Crippen LogP contribution is 2.42. The topological polar surface area (TPSA) is 27.0 Å². The van der Waals surface area contributed by atoms with E-state index in [-0.39, 0.29) is 0 Å². The van der Waals surface area contributed by atoms with E-state index in [0.29, 0.717) is 5.56 Å². The van der Waals surface area contributed by atoms with Gasteiger partial charge in [0.1, 0.15) is 0 Å². The van der Waals surface area contributed by atoms with Gasteiger partial charge in [0.15, 0.2) is 0 Å². The van der Waals surface area contributed by atoms with Crippen molar-refractivity contribution in [2.75, 3.05) is 4.90 Å². The molecule has 0 radical (unpaired) electrons. The first kappa shape index (κ1) is 27.7. The van der Waals surface area contributed by atoms with Crippen molar-refractivity contribution in [3.63, 3.8) is 0 Å². The summed E-state index contributed by atoms with van der Waals surface area (Å²) in [7, 11) is 0. The Morgan fingerprint density at radius 1 is 0.533 bits per heavy atom. The number of fused-ring (bicyclic) bond motifs is 2. The average molecular weight is 575 g/mol. The molecule has 7 rings (SSSR count). The quantitative estimate of drug-likeness (QED) is 0.177. The van der Waals surface area contributed by atoms with E-state index in [0.717, 1.165) is 50.1 Å². The van der Waals surface area contributed by atoms with Crippen LogP contribution in [0.2, 0.25) is 0 Å². The molecule has 0 aliphatic rings. The van der Waals surface area contributed by atoms with Crippen LogP contribution in [0, 0.1) is 11.3 Å². The van der Waals surface area contributed by atoms with Crippen LogP contribution < -0.4 is 4.90 Å². The van der Waals surface area contributed by atoms with Crippen LogP contribution in [0.15, 0.2) is 176 Å². The first-order valence-electron chi connectivity index (χ1n) is 15.1. The van der Waals surface area contributed by atoms with Gasteiger partial charge in [-0.25, -0.2) is 0 Å². The summed E-state index contributed by atoms with van der Waals surface area (Å²) in [6.07, 6.45) is 6.19. The van der Waals surface area contributed by atoms with Crippen molar-refractivity contribution in [3.8, 4) is 6.07 Å². The number of nitriles is 1. The van der Waals surface area contributed by atoms with Gasteiger partial charge < -0.3 is 4.90 Å². The second kappa shape index (κ2) is 12.6. The predicted octanol–water partition coefficient (Wildman–Crippen LogP) is 11.5. The first-order chi connectivity index (χ1) is 22.3. The Balaban J connectivity index is 1.34. The maximum atomic E-state index is 10.4. The van der Waals surface area contributed by atoms with Crippen molar-refractivity contribution in [1.82, 2.24) is 0 Å². The number of anilines is 3. The van der Waals surface area contributed by atoms with E-state index < -0.39 is 0 Å². The minimum atomic E-state index is 0.614. The molecule has 0 bridgehead atoms. The molecule has 0 unspecified atom stereocenters. The molecule has 0 saturated carbocycles. The fourth-order valence-electron chi connectivity index (χ4n) is 5.98. The van der Waals surface area contributed by atoms with E-state index in [2.05, 4.69) is 157 Å². The van der Waals surface area contributed by atoms with Crippen molar-refractivity contribution in [1.29, 1.82) is 5.26 Å². The zero-order valence-corrected chi connectivity index (χ0v) is 24.7. The molecule has 45 heavy (non-hydrogen) atoms. The standard InChI is InChI=1S/C43H30N2/c44-31-37-30-38(29-28-32(37)20-11-25-39(33-14-3-1-4-15-33)34-16-5-2-6-17-34)45(42-26-12-21-35-18-7-9-23-40(35)42)43-27-13-22-36-19-8-10-24-41(36)43/h1-30H. The smallest absolute Gasteiger partial charge is 0.0998 e. The molecule has 212 valence electrons. The third-order valence-electron chi connectivity index (χ3n) is 8.14. The van der Waals surface area contributed by atoms with E-state index in [9.17, 15) is 5.26 Å². The SMILES string of the molecule is N#Cc1cc(N(c2cccc3ccccc23)c2cccc3ccccc23)ccc1C=CC=C(c1ccccc1)c1ccccc1. The summed E-state index contributed by atoms with van der Waals surface area (Å²) < 4.78 is 0. The summed E-state index contributed by atoms with van der Waals surface area (Å²) in [4.78, 5) is 2.28. The zero-order chi connectivity index (χ0) is 30.4. The van der Waals surface area contributed by atoms with Crippen molar-refractivity contribution < 1.29 is 0 Å². The minimum Gasteiger partial charge on any atom is -0.309 e. The Kier molecular flexibility index (Phi) is 7.74. The van der Waals surface area contributed by atoms with Crippen LogP contribution in [0.3, 0.4) is 0 Å². The molecule has 0 heterocycles. The highest BCUT2D eigenvalue weighted by molar-refractivity contribution is 6.04. The molecule has 0 aliphatic carbocycles. The van der Waals surface area contributed by atoms with Gasteiger partial charge in [0, 0.05) is 16.5 Å². The van der Waals surface area contributed by atoms with Crippen LogP contribution in [-0.2, 0) is 0 Å². The Bertz CT molecular complexity index is 2090. The lowest BCUT2D eigenvalue weighted by molar-refractivity contribution is 1.30. The maximum absolute atomic E-state index is 10.4. The molecule has 0 atom stereocenters. The van der Waals surface area contributed by atoms with Crippen LogP contribution in [0.25, 0.3) is 33.2 Å². The number of nitrogens with zero attached hydrogens (tertiary/aromatic N) is 2. The highest BCUT2D eigenvalue weighted by atomic mass is 15.1. The summed E-state index contributed by atoms with van der Waals surface area (Å²) in [5, 5.41) is 15.0. The molecule has 0 spiro atoms. The third kappa shape index (κ3) is 5.64. The molecule has 0 saturated heterocycles. The third-order valence-corrected chi connectivity index (χ3v) is 8.14.